The number of hydrogen-bond donors (Lipinski definition) is 1. The van der Waals surface area contributed by atoms with E-state index in [1.807, 2.05) is 4.90 Å². The Balaban J connectivity index is 1.74. The van der Waals surface area contributed by atoms with Crippen molar-refractivity contribution < 1.29 is 13.2 Å². The predicted molar refractivity (Wildman–Crippen MR) is 126 cm³/mol. The van der Waals surface area contributed by atoms with Crippen LogP contribution in [-0.2, 0) is 10.0 Å². The Morgan fingerprint density at radius 2 is 1.83 bits per heavy atom. The average Bonchev–Trinajstić information content (AvgIpc) is 2.95. The second kappa shape index (κ2) is 10.3. The van der Waals surface area contributed by atoms with Crippen molar-refractivity contribution in [3.8, 4) is 0 Å². The number of nitrogens with one attached hydrogen (secondary N) is 1. The lowest BCUT2D eigenvalue weighted by Crippen LogP contribution is -2.35. The van der Waals surface area contributed by atoms with Crippen LogP contribution in [0.2, 0.25) is 0 Å². The number of hydrogen-bond acceptors (Lipinski definition) is 4. The van der Waals surface area contributed by atoms with Crippen LogP contribution < -0.4 is 4.72 Å². The first-order chi connectivity index (χ1) is 14.3. The smallest absolute Gasteiger partial charge is 0.261 e. The molecule has 0 bridgehead atoms. The predicted octanol–water partition coefficient (Wildman–Crippen LogP) is 4.57. The van der Waals surface area contributed by atoms with Crippen LogP contribution in [0.4, 0.5) is 5.69 Å². The first-order valence-electron chi connectivity index (χ1n) is 9.89. The van der Waals surface area contributed by atoms with Crippen molar-refractivity contribution in [3.63, 3.8) is 0 Å². The highest BCUT2D eigenvalue weighted by molar-refractivity contribution is 9.13. The fourth-order valence-electron chi connectivity index (χ4n) is 3.47. The molecule has 1 N–H and O–H groups in total. The van der Waals surface area contributed by atoms with Crippen LogP contribution in [0.15, 0.2) is 56.3 Å². The molecule has 0 aliphatic carbocycles. The summed E-state index contributed by atoms with van der Waals surface area (Å²) < 4.78 is 29.5. The Kier molecular flexibility index (Phi) is 7.95. The number of nitrogens with zero attached hydrogens (tertiary/aromatic N) is 2. The van der Waals surface area contributed by atoms with Crippen molar-refractivity contribution in [2.45, 2.75) is 24.7 Å². The molecule has 9 heteroatoms. The van der Waals surface area contributed by atoms with Crippen molar-refractivity contribution in [2.24, 2.45) is 0 Å². The lowest BCUT2D eigenvalue weighted by Gasteiger charge is -2.22. The number of benzene rings is 2. The number of rotatable bonds is 6. The molecule has 3 rings (SSSR count). The number of amides is 1. The third kappa shape index (κ3) is 5.84. The molecule has 2 aromatic rings. The van der Waals surface area contributed by atoms with Crippen molar-refractivity contribution in [1.29, 1.82) is 0 Å². The molecule has 2 aromatic carbocycles. The quantitative estimate of drug-likeness (QED) is 0.564. The number of carbonyl (C=O) groups excluding carboxylic acids is 1. The normalized spacial score (nSPS) is 15.6. The van der Waals surface area contributed by atoms with Gasteiger partial charge in [-0.1, -0.05) is 13.0 Å². The van der Waals surface area contributed by atoms with E-state index in [-0.39, 0.29) is 10.8 Å². The van der Waals surface area contributed by atoms with Gasteiger partial charge in [-0.15, -0.1) is 0 Å². The van der Waals surface area contributed by atoms with E-state index < -0.39 is 10.0 Å². The molecule has 0 unspecified atom stereocenters. The molecule has 1 fully saturated rings. The molecule has 1 saturated heterocycles. The van der Waals surface area contributed by atoms with Gasteiger partial charge >= 0.3 is 0 Å². The Labute approximate surface area is 194 Å². The van der Waals surface area contributed by atoms with E-state index in [9.17, 15) is 13.2 Å². The standard InChI is InChI=1S/C21H25Br2N3O3S/c1-2-9-25-10-4-11-26(13-12-25)21(27)16-5-3-6-17(14-16)24-30(28,29)18-7-8-19(22)20(23)15-18/h3,5-8,14-15,24H,2,4,9-13H2,1H3. The molecule has 0 atom stereocenters. The van der Waals surface area contributed by atoms with E-state index in [2.05, 4.69) is 48.4 Å². The zero-order valence-corrected chi connectivity index (χ0v) is 20.8. The lowest BCUT2D eigenvalue weighted by atomic mass is 10.1. The third-order valence-corrected chi connectivity index (χ3v) is 8.24. The summed E-state index contributed by atoms with van der Waals surface area (Å²) in [7, 11) is -3.77. The second-order valence-electron chi connectivity index (χ2n) is 7.25. The fraction of sp³-hybridized carbons (Fsp3) is 0.381. The van der Waals surface area contributed by atoms with E-state index in [4.69, 9.17) is 0 Å². The van der Waals surface area contributed by atoms with Crippen molar-refractivity contribution >= 4 is 53.5 Å². The molecule has 1 heterocycles. The first-order valence-corrected chi connectivity index (χ1v) is 13.0. The number of anilines is 1. The van der Waals surface area contributed by atoms with Crippen molar-refractivity contribution in [1.82, 2.24) is 9.80 Å². The maximum absolute atomic E-state index is 13.0. The highest BCUT2D eigenvalue weighted by Crippen LogP contribution is 2.27. The number of sulfonamides is 1. The minimum absolute atomic E-state index is 0.0687. The Morgan fingerprint density at radius 3 is 2.57 bits per heavy atom. The maximum Gasteiger partial charge on any atom is 0.261 e. The summed E-state index contributed by atoms with van der Waals surface area (Å²) in [5.41, 5.74) is 0.846. The van der Waals surface area contributed by atoms with Crippen LogP contribution in [-0.4, -0.2) is 56.8 Å². The van der Waals surface area contributed by atoms with Crippen LogP contribution in [0.5, 0.6) is 0 Å². The molecule has 1 aliphatic heterocycles. The molecule has 1 amide bonds. The molecule has 0 aromatic heterocycles. The monoisotopic (exact) mass is 557 g/mol. The van der Waals surface area contributed by atoms with Crippen molar-refractivity contribution in [3.05, 3.63) is 57.0 Å². The van der Waals surface area contributed by atoms with Crippen LogP contribution in [0.3, 0.4) is 0 Å². The molecular weight excluding hydrogens is 534 g/mol. The summed E-state index contributed by atoms with van der Waals surface area (Å²) in [6.45, 7) is 6.47. The second-order valence-corrected chi connectivity index (χ2v) is 10.6. The first kappa shape index (κ1) is 23.2. The van der Waals surface area contributed by atoms with E-state index in [0.29, 0.717) is 28.8 Å². The summed E-state index contributed by atoms with van der Waals surface area (Å²) in [6.07, 6.45) is 2.04. The largest absolute Gasteiger partial charge is 0.337 e. The van der Waals surface area contributed by atoms with E-state index in [1.165, 1.54) is 12.1 Å². The topological polar surface area (TPSA) is 69.7 Å². The molecule has 162 valence electrons. The third-order valence-electron chi connectivity index (χ3n) is 4.98. The van der Waals surface area contributed by atoms with Gasteiger partial charge in [-0.2, -0.15) is 0 Å². The molecule has 6 nitrogen and oxygen atoms in total. The van der Waals surface area contributed by atoms with Crippen LogP contribution >= 0.6 is 31.9 Å². The summed E-state index contributed by atoms with van der Waals surface area (Å²) >= 11 is 6.66. The van der Waals surface area contributed by atoms with E-state index >= 15 is 0 Å². The van der Waals surface area contributed by atoms with E-state index in [0.717, 1.165) is 36.9 Å². The average molecular weight is 559 g/mol. The van der Waals surface area contributed by atoms with Crippen LogP contribution in [0.1, 0.15) is 30.1 Å². The van der Waals surface area contributed by atoms with Crippen LogP contribution in [0.25, 0.3) is 0 Å². The summed E-state index contributed by atoms with van der Waals surface area (Å²) in [6, 6.07) is 11.4. The Bertz CT molecular complexity index is 1010. The maximum atomic E-state index is 13.0. The molecule has 0 spiro atoms. The fourth-order valence-corrected chi connectivity index (χ4v) is 5.32. The molecule has 0 radical (unpaired) electrons. The summed E-state index contributed by atoms with van der Waals surface area (Å²) in [5, 5.41) is 0. The van der Waals surface area contributed by atoms with Gasteiger partial charge < -0.3 is 9.80 Å². The van der Waals surface area contributed by atoms with Crippen LogP contribution in [0, 0.1) is 0 Å². The Morgan fingerprint density at radius 1 is 1.03 bits per heavy atom. The Hall–Kier alpha value is -1.42. The van der Waals surface area contributed by atoms with Gasteiger partial charge in [0.05, 0.1) is 4.90 Å². The van der Waals surface area contributed by atoms with Crippen molar-refractivity contribution in [2.75, 3.05) is 37.4 Å². The molecule has 1 aliphatic rings. The number of carbonyl (C=O) groups is 1. The zero-order valence-electron chi connectivity index (χ0n) is 16.8. The minimum atomic E-state index is -3.77. The lowest BCUT2D eigenvalue weighted by molar-refractivity contribution is 0.0761. The zero-order chi connectivity index (χ0) is 21.7. The van der Waals surface area contributed by atoms with Gasteiger partial charge in [-0.25, -0.2) is 8.42 Å². The molecule has 0 saturated carbocycles. The molecular formula is C21H25Br2N3O3S. The summed E-state index contributed by atoms with van der Waals surface area (Å²) in [4.78, 5) is 17.4. The van der Waals surface area contributed by atoms with Gasteiger partial charge in [0.1, 0.15) is 0 Å². The summed E-state index contributed by atoms with van der Waals surface area (Å²) in [5.74, 6) is -0.0687. The van der Waals surface area contributed by atoms with Gasteiger partial charge in [0.15, 0.2) is 0 Å². The van der Waals surface area contributed by atoms with E-state index in [1.54, 1.807) is 30.3 Å². The highest BCUT2D eigenvalue weighted by atomic mass is 79.9. The SMILES string of the molecule is CCCN1CCCN(C(=O)c2cccc(NS(=O)(=O)c3ccc(Br)c(Br)c3)c2)CC1. The van der Waals surface area contributed by atoms with Gasteiger partial charge in [0, 0.05) is 39.8 Å². The number of halogens is 2. The molecule has 30 heavy (non-hydrogen) atoms. The van der Waals surface area contributed by atoms with Gasteiger partial charge in [0.2, 0.25) is 0 Å². The highest BCUT2D eigenvalue weighted by Gasteiger charge is 2.21. The van der Waals surface area contributed by atoms with Gasteiger partial charge in [-0.05, 0) is 94.2 Å². The van der Waals surface area contributed by atoms with Gasteiger partial charge in [-0.3, -0.25) is 9.52 Å². The minimum Gasteiger partial charge on any atom is -0.337 e. The van der Waals surface area contributed by atoms with Gasteiger partial charge in [0.25, 0.3) is 15.9 Å².